The molecule has 0 radical (unpaired) electrons. The molecule has 42 heteroatoms. The van der Waals surface area contributed by atoms with Crippen LogP contribution < -0.4 is 75.5 Å². The van der Waals surface area contributed by atoms with Crippen molar-refractivity contribution >= 4 is 170 Å². The zero-order valence-corrected chi connectivity index (χ0v) is 61.4. The van der Waals surface area contributed by atoms with Crippen molar-refractivity contribution in [3.63, 3.8) is 0 Å². The lowest BCUT2D eigenvalue weighted by Crippen LogP contribution is -2.61. The highest BCUT2D eigenvalue weighted by Crippen LogP contribution is 2.20. The van der Waals surface area contributed by atoms with E-state index in [4.69, 9.17) is 16.3 Å². The number of aromatic hydroxyl groups is 2. The lowest BCUT2D eigenvalue weighted by atomic mass is 10.0. The Bertz CT molecular complexity index is 3330. The molecule has 0 bridgehead atoms. The first-order valence-corrected chi connectivity index (χ1v) is 35.7. The number of phenolic OH excluding ortho intramolecular Hbond substituents is 2. The van der Waals surface area contributed by atoms with Crippen LogP contribution in [0, 0.1) is 0 Å². The maximum Gasteiger partial charge on any atom is 0.323 e. The van der Waals surface area contributed by atoms with E-state index in [1.54, 1.807) is 6.92 Å². The van der Waals surface area contributed by atoms with Gasteiger partial charge in [-0.15, -0.1) is 0 Å². The van der Waals surface area contributed by atoms with Gasteiger partial charge in [0.2, 0.25) is 82.5 Å². The quantitative estimate of drug-likeness (QED) is 0.00963. The molecule has 0 aliphatic carbocycles. The normalized spacial score (nSPS) is 16.3. The summed E-state index contributed by atoms with van der Waals surface area (Å²) in [4.78, 5) is 216. The van der Waals surface area contributed by atoms with E-state index in [1.165, 1.54) is 62.4 Å². The standard InChI is InChI=1S/C61H89N15O21S6/c1-4-97-61(96)37(19-31-9-13-33(79)14-10-31)66-38(22-98)49(84)50(85)39(23-99)70-52(87)34(15-16-47(82)83)67-53(88)35(18-30-7-11-32(78)12-8-30)68-56(91)41(25-101)72-57(92)42(26-102)71-54(89)36(20-45(62)80)69-58(93)44-6-5-17-76(44)60(95)28(2)65-55(90)40(24-100)73-59(94)48(29(3)77)74-46(81)21-64-51(86)43(27-103)75-63/h7-14,28-29,34-44,48,66,75,77-79,98-103H,4-6,15-27,63H2,1-3H3,(H2,62,80)(H,64,86)(H,65,90)(H,67,88)(H,68,91)(H,69,93)(H,70,87)(H,71,89)(H,72,92)(H,73,94)(H,74,81)(H,82,83)/t28?,29-,34?,35+,36?,37?,38+,39+,40+,41?,42+,43+,44+,48+/m1/s1. The van der Waals surface area contributed by atoms with Gasteiger partial charge < -0.3 is 89.0 Å². The molecule has 2 aromatic rings. The Kier molecular flexibility index (Phi) is 39.1. The molecular formula is C61H89N15O21S6. The first-order valence-electron chi connectivity index (χ1n) is 31.9. The molecule has 5 unspecified atom stereocenters. The molecule has 570 valence electrons. The van der Waals surface area contributed by atoms with Crippen LogP contribution in [0.15, 0.2) is 48.5 Å². The van der Waals surface area contributed by atoms with Crippen molar-refractivity contribution in [1.82, 2.24) is 68.8 Å². The van der Waals surface area contributed by atoms with Crippen molar-refractivity contribution in [2.45, 2.75) is 150 Å². The number of thiol groups is 6. The number of aliphatic hydroxyl groups is 1. The van der Waals surface area contributed by atoms with Gasteiger partial charge in [0.25, 0.3) is 0 Å². The number of carboxylic acids is 1. The number of primary amides is 1. The SMILES string of the molecule is CCOC(=O)C(Cc1ccc(O)cc1)N[C@@H](CS)C(=O)C(=O)[C@H](CS)NC(=O)C(CCC(=O)O)NC(=O)[C@H](Cc1ccc(O)cc1)NC(=O)C(CS)NC(=O)[C@H](CS)NC(=O)C(CC(N)=O)NC(=O)[C@@H]1CCCN1C(=O)C(C)NC(=O)[C@H](CS)NC(=O)[C@@H](NC(=O)CNC(=O)[C@H](CS)NN)[C@@H](C)O. The van der Waals surface area contributed by atoms with Crippen LogP contribution in [0.5, 0.6) is 11.5 Å². The molecule has 36 nitrogen and oxygen atoms in total. The van der Waals surface area contributed by atoms with E-state index in [-0.39, 0.29) is 61.2 Å². The highest BCUT2D eigenvalue weighted by Gasteiger charge is 2.41. The number of carboxylic acid groups (broad SMARTS) is 1. The summed E-state index contributed by atoms with van der Waals surface area (Å²) in [6, 6.07) is -8.79. The third-order valence-corrected chi connectivity index (χ3v) is 17.6. The number of nitrogens with two attached hydrogens (primary N) is 2. The minimum absolute atomic E-state index is 0.00855. The second-order valence-corrected chi connectivity index (χ2v) is 25.5. The summed E-state index contributed by atoms with van der Waals surface area (Å²) >= 11 is 24.9. The Labute approximate surface area is 624 Å². The smallest absolute Gasteiger partial charge is 0.323 e. The Morgan fingerprint density at radius 3 is 1.46 bits per heavy atom. The third kappa shape index (κ3) is 29.2. The molecule has 1 aliphatic rings. The number of likely N-dealkylation sites (tertiary alicyclic amines) is 1. The predicted octanol–water partition coefficient (Wildman–Crippen LogP) is -7.07. The van der Waals surface area contributed by atoms with E-state index in [1.807, 2.05) is 0 Å². The third-order valence-electron chi connectivity index (χ3n) is 15.5. The maximum absolute atomic E-state index is 14.4. The van der Waals surface area contributed by atoms with Gasteiger partial charge in [-0.05, 0) is 81.8 Å². The number of carbonyl (C=O) groups excluding carboxylic acids is 15. The van der Waals surface area contributed by atoms with Gasteiger partial charge in [0.05, 0.1) is 31.7 Å². The van der Waals surface area contributed by atoms with Crippen molar-refractivity contribution in [2.24, 2.45) is 11.6 Å². The van der Waals surface area contributed by atoms with E-state index in [0.29, 0.717) is 11.1 Å². The van der Waals surface area contributed by atoms with Crippen molar-refractivity contribution in [3.8, 4) is 11.5 Å². The lowest BCUT2D eigenvalue weighted by molar-refractivity contribution is -0.146. The molecule has 1 fully saturated rings. The maximum atomic E-state index is 14.4. The van der Waals surface area contributed by atoms with E-state index in [2.05, 4.69) is 140 Å². The molecule has 12 amide bonds. The number of benzene rings is 2. The largest absolute Gasteiger partial charge is 0.508 e. The minimum atomic E-state index is -1.81. The van der Waals surface area contributed by atoms with Gasteiger partial charge in [0.1, 0.15) is 84.0 Å². The average molecular weight is 1560 g/mol. The molecule has 103 heavy (non-hydrogen) atoms. The second kappa shape index (κ2) is 45.2. The summed E-state index contributed by atoms with van der Waals surface area (Å²) in [5, 5.41) is 66.0. The minimum Gasteiger partial charge on any atom is -0.508 e. The zero-order valence-electron chi connectivity index (χ0n) is 56.0. The van der Waals surface area contributed by atoms with Gasteiger partial charge in [0, 0.05) is 53.9 Å². The van der Waals surface area contributed by atoms with Crippen LogP contribution in [0.4, 0.5) is 0 Å². The summed E-state index contributed by atoms with van der Waals surface area (Å²) in [5.74, 6) is -14.1. The van der Waals surface area contributed by atoms with E-state index in [9.17, 15) is 97.1 Å². The van der Waals surface area contributed by atoms with Crippen LogP contribution in [-0.2, 0) is 94.3 Å². The summed E-state index contributed by atoms with van der Waals surface area (Å²) in [5.41, 5.74) is 8.50. The van der Waals surface area contributed by atoms with E-state index >= 15 is 0 Å². The number of hydrazine groups is 1. The number of nitrogens with one attached hydrogen (secondary N) is 12. The number of ketones is 2. The highest BCUT2D eigenvalue weighted by molar-refractivity contribution is 7.81. The first-order chi connectivity index (χ1) is 48.7. The summed E-state index contributed by atoms with van der Waals surface area (Å²) in [7, 11) is 0. The molecule has 14 atom stereocenters. The number of esters is 1. The number of rotatable bonds is 45. The number of hydrogen-bond donors (Lipinski definition) is 24. The average Bonchev–Trinajstić information content (AvgIpc) is 1.81. The highest BCUT2D eigenvalue weighted by atomic mass is 32.1. The fourth-order valence-electron chi connectivity index (χ4n) is 9.87. The zero-order chi connectivity index (χ0) is 77.4. The van der Waals surface area contributed by atoms with E-state index in [0.717, 1.165) is 4.90 Å². The summed E-state index contributed by atoms with van der Waals surface area (Å²) in [6.45, 7) is 3.25. The molecule has 1 heterocycles. The van der Waals surface area contributed by atoms with Crippen LogP contribution in [0.1, 0.15) is 64.0 Å². The molecule has 1 saturated heterocycles. The lowest BCUT2D eigenvalue weighted by Gasteiger charge is -2.29. The number of ether oxygens (including phenoxy) is 1. The van der Waals surface area contributed by atoms with Crippen molar-refractivity contribution in [3.05, 3.63) is 59.7 Å². The number of amides is 12. The number of phenols is 2. The fourth-order valence-corrected chi connectivity index (χ4v) is 11.4. The molecular weight excluding hydrogens is 1470 g/mol. The molecule has 2 aromatic carbocycles. The predicted molar refractivity (Wildman–Crippen MR) is 388 cm³/mol. The molecule has 20 N–H and O–H groups in total. The molecule has 0 spiro atoms. The number of Topliss-reactive ketones (excluding diaryl/α,β-unsaturated/α-hetero) is 2. The van der Waals surface area contributed by atoms with Gasteiger partial charge in [0.15, 0.2) is 0 Å². The molecule has 1 aliphatic heterocycles. The van der Waals surface area contributed by atoms with Gasteiger partial charge in [-0.2, -0.15) is 75.8 Å². The Hall–Kier alpha value is -8.10. The van der Waals surface area contributed by atoms with Gasteiger partial charge in [-0.25, -0.2) is 5.43 Å². The molecule has 0 saturated carbocycles. The summed E-state index contributed by atoms with van der Waals surface area (Å²) in [6.07, 6.45) is -4.01. The Balaban J connectivity index is 1.77. The Morgan fingerprint density at radius 1 is 0.544 bits per heavy atom. The van der Waals surface area contributed by atoms with Crippen LogP contribution in [-0.4, -0.2) is 259 Å². The number of nitrogens with zero attached hydrogens (tertiary/aromatic N) is 1. The monoisotopic (exact) mass is 1560 g/mol. The first kappa shape index (κ1) is 89.1. The molecule has 0 aromatic heterocycles. The van der Waals surface area contributed by atoms with Crippen LogP contribution in [0.25, 0.3) is 0 Å². The van der Waals surface area contributed by atoms with E-state index < -0.39 is 229 Å². The number of aliphatic carboxylic acids is 1. The number of carbonyl (C=O) groups is 16. The van der Waals surface area contributed by atoms with Crippen LogP contribution in [0.3, 0.4) is 0 Å². The molecule has 3 rings (SSSR count). The number of aliphatic hydroxyl groups excluding tert-OH is 1. The Morgan fingerprint density at radius 2 is 0.981 bits per heavy atom. The number of hydrogen-bond acceptors (Lipinski definition) is 29. The van der Waals surface area contributed by atoms with Crippen LogP contribution >= 0.6 is 75.8 Å². The van der Waals surface area contributed by atoms with Gasteiger partial charge >= 0.3 is 11.9 Å². The van der Waals surface area contributed by atoms with Gasteiger partial charge in [-0.3, -0.25) is 87.9 Å². The topological polar surface area (TPSA) is 563 Å². The van der Waals surface area contributed by atoms with Crippen molar-refractivity contribution < 1.29 is 102 Å². The second-order valence-electron chi connectivity index (χ2n) is 23.3. The fraction of sp³-hybridized carbons (Fsp3) is 0.541. The summed E-state index contributed by atoms with van der Waals surface area (Å²) < 4.78 is 5.18. The van der Waals surface area contributed by atoms with Crippen molar-refractivity contribution in [1.29, 1.82) is 0 Å². The van der Waals surface area contributed by atoms with Crippen LogP contribution in [0.2, 0.25) is 0 Å². The van der Waals surface area contributed by atoms with Gasteiger partial charge in [-0.1, -0.05) is 24.3 Å². The van der Waals surface area contributed by atoms with Crippen molar-refractivity contribution in [2.75, 3.05) is 54.2 Å².